The van der Waals surface area contributed by atoms with E-state index in [0.717, 1.165) is 0 Å². The maximum atomic E-state index is 12.3. The van der Waals surface area contributed by atoms with Crippen LogP contribution < -0.4 is 14.8 Å². The highest BCUT2D eigenvalue weighted by Gasteiger charge is 2.15. The number of benzene rings is 2. The molecule has 0 saturated heterocycles. The monoisotopic (exact) mass is 309 g/mol. The summed E-state index contributed by atoms with van der Waals surface area (Å²) in [7, 11) is 0. The topological polar surface area (TPSA) is 47.6 Å². The molecule has 0 aliphatic carbocycles. The van der Waals surface area contributed by atoms with Crippen LogP contribution in [0.1, 0.15) is 36.7 Å². The zero-order valence-electron chi connectivity index (χ0n) is 13.4. The zero-order valence-corrected chi connectivity index (χ0v) is 13.4. The third kappa shape index (κ3) is 3.37. The average molecular weight is 309 g/mol. The molecule has 1 N–H and O–H groups in total. The molecule has 1 aliphatic heterocycles. The van der Waals surface area contributed by atoms with Crippen molar-refractivity contribution in [1.29, 1.82) is 0 Å². The van der Waals surface area contributed by atoms with E-state index in [0.29, 0.717) is 22.7 Å². The smallest absolute Gasteiger partial charge is 0.255 e. The van der Waals surface area contributed by atoms with Crippen molar-refractivity contribution >= 4 is 11.6 Å². The number of carbonyl (C=O) groups is 1. The molecule has 0 bridgehead atoms. The Hall–Kier alpha value is -2.75. The predicted molar refractivity (Wildman–Crippen MR) is 89.9 cm³/mol. The lowest BCUT2D eigenvalue weighted by molar-refractivity contribution is 0.102. The minimum atomic E-state index is -0.155. The average Bonchev–Trinajstić information content (AvgIpc) is 2.54. The molecule has 3 rings (SSSR count). The van der Waals surface area contributed by atoms with Gasteiger partial charge in [0.15, 0.2) is 11.5 Å². The fourth-order valence-electron chi connectivity index (χ4n) is 2.30. The van der Waals surface area contributed by atoms with E-state index >= 15 is 0 Å². The number of anilines is 1. The van der Waals surface area contributed by atoms with E-state index in [1.54, 1.807) is 18.2 Å². The first-order valence-corrected chi connectivity index (χ1v) is 7.48. The molecule has 2 aromatic rings. The van der Waals surface area contributed by atoms with Gasteiger partial charge in [-0.05, 0) is 35.2 Å². The number of hydrogen-bond donors (Lipinski definition) is 1. The zero-order chi connectivity index (χ0) is 16.4. The quantitative estimate of drug-likeness (QED) is 0.889. The van der Waals surface area contributed by atoms with Crippen molar-refractivity contribution in [2.24, 2.45) is 0 Å². The van der Waals surface area contributed by atoms with Gasteiger partial charge in [-0.15, -0.1) is 0 Å². The van der Waals surface area contributed by atoms with Gasteiger partial charge in [-0.3, -0.25) is 4.79 Å². The first-order valence-electron chi connectivity index (χ1n) is 7.48. The summed E-state index contributed by atoms with van der Waals surface area (Å²) in [6.45, 7) is 6.43. The summed E-state index contributed by atoms with van der Waals surface area (Å²) < 4.78 is 10.6. The van der Waals surface area contributed by atoms with Crippen LogP contribution >= 0.6 is 0 Å². The normalized spacial score (nSPS) is 12.8. The number of amides is 1. The van der Waals surface area contributed by atoms with Crippen LogP contribution in [-0.2, 0) is 5.41 Å². The third-order valence-electron chi connectivity index (χ3n) is 3.66. The van der Waals surface area contributed by atoms with Crippen LogP contribution in [0, 0.1) is 0 Å². The summed E-state index contributed by atoms with van der Waals surface area (Å²) >= 11 is 0. The van der Waals surface area contributed by atoms with Crippen LogP contribution in [0.3, 0.4) is 0 Å². The Morgan fingerprint density at radius 1 is 0.913 bits per heavy atom. The van der Waals surface area contributed by atoms with Crippen LogP contribution in [0.4, 0.5) is 5.69 Å². The van der Waals surface area contributed by atoms with Crippen molar-refractivity contribution in [3.63, 3.8) is 0 Å². The summed E-state index contributed by atoms with van der Waals surface area (Å²) in [5.41, 5.74) is 2.54. The molecule has 0 unspecified atom stereocenters. The molecule has 0 spiro atoms. The van der Waals surface area contributed by atoms with Gasteiger partial charge in [0.1, 0.15) is 12.5 Å². The number of rotatable bonds is 2. The molecule has 1 heterocycles. The fourth-order valence-corrected chi connectivity index (χ4v) is 2.30. The number of fused-ring (bicyclic) bond motifs is 1. The van der Waals surface area contributed by atoms with Gasteiger partial charge in [-0.25, -0.2) is 0 Å². The van der Waals surface area contributed by atoms with Crippen LogP contribution in [0.15, 0.2) is 55.0 Å². The Morgan fingerprint density at radius 3 is 2.22 bits per heavy atom. The maximum Gasteiger partial charge on any atom is 0.255 e. The Balaban J connectivity index is 1.74. The molecular formula is C19H19NO3. The molecule has 2 aromatic carbocycles. The lowest BCUT2D eigenvalue weighted by atomic mass is 9.87. The van der Waals surface area contributed by atoms with Gasteiger partial charge in [-0.2, -0.15) is 0 Å². The first-order chi connectivity index (χ1) is 10.9. The highest BCUT2D eigenvalue weighted by atomic mass is 16.5. The second kappa shape index (κ2) is 5.80. The van der Waals surface area contributed by atoms with Gasteiger partial charge >= 0.3 is 0 Å². The molecule has 4 nitrogen and oxygen atoms in total. The largest absolute Gasteiger partial charge is 0.458 e. The van der Waals surface area contributed by atoms with Crippen LogP contribution in [0.5, 0.6) is 11.5 Å². The van der Waals surface area contributed by atoms with E-state index in [2.05, 4.69) is 26.1 Å². The fraction of sp³-hybridized carbons (Fsp3) is 0.211. The SMILES string of the molecule is CC(C)(C)c1ccc(C(=O)Nc2ccc3c(c2)OC=CO3)cc1. The summed E-state index contributed by atoms with van der Waals surface area (Å²) in [4.78, 5) is 12.3. The van der Waals surface area contributed by atoms with E-state index < -0.39 is 0 Å². The minimum Gasteiger partial charge on any atom is -0.458 e. The molecule has 118 valence electrons. The van der Waals surface area contributed by atoms with Crippen LogP contribution in [-0.4, -0.2) is 5.91 Å². The van der Waals surface area contributed by atoms with Crippen molar-refractivity contribution < 1.29 is 14.3 Å². The van der Waals surface area contributed by atoms with Crippen LogP contribution in [0.25, 0.3) is 0 Å². The summed E-state index contributed by atoms with van der Waals surface area (Å²) in [6, 6.07) is 12.9. The second-order valence-corrected chi connectivity index (χ2v) is 6.45. The molecule has 1 amide bonds. The first kappa shape index (κ1) is 15.2. The van der Waals surface area contributed by atoms with Crippen molar-refractivity contribution in [2.75, 3.05) is 5.32 Å². The van der Waals surface area contributed by atoms with Gasteiger partial charge < -0.3 is 14.8 Å². The van der Waals surface area contributed by atoms with E-state index in [1.807, 2.05) is 24.3 Å². The second-order valence-electron chi connectivity index (χ2n) is 6.45. The third-order valence-corrected chi connectivity index (χ3v) is 3.66. The highest BCUT2D eigenvalue weighted by Crippen LogP contribution is 2.33. The minimum absolute atomic E-state index is 0.0678. The molecule has 0 saturated carbocycles. The van der Waals surface area contributed by atoms with Crippen molar-refractivity contribution in [2.45, 2.75) is 26.2 Å². The summed E-state index contributed by atoms with van der Waals surface area (Å²) in [5, 5.41) is 2.87. The Morgan fingerprint density at radius 2 is 1.57 bits per heavy atom. The van der Waals surface area contributed by atoms with Gasteiger partial charge in [0.2, 0.25) is 0 Å². The van der Waals surface area contributed by atoms with E-state index in [9.17, 15) is 4.79 Å². The van der Waals surface area contributed by atoms with E-state index in [4.69, 9.17) is 9.47 Å². The highest BCUT2D eigenvalue weighted by molar-refractivity contribution is 6.04. The van der Waals surface area contributed by atoms with Gasteiger partial charge in [0.25, 0.3) is 5.91 Å². The summed E-state index contributed by atoms with van der Waals surface area (Å²) in [5.74, 6) is 1.05. The molecule has 1 aliphatic rings. The lowest BCUT2D eigenvalue weighted by Gasteiger charge is -2.19. The lowest BCUT2D eigenvalue weighted by Crippen LogP contribution is -2.14. The Labute approximate surface area is 135 Å². The van der Waals surface area contributed by atoms with Crippen molar-refractivity contribution in [3.8, 4) is 11.5 Å². The Bertz CT molecular complexity index is 755. The van der Waals surface area contributed by atoms with Crippen molar-refractivity contribution in [1.82, 2.24) is 0 Å². The maximum absolute atomic E-state index is 12.3. The Kier molecular flexibility index (Phi) is 3.82. The van der Waals surface area contributed by atoms with Crippen LogP contribution in [0.2, 0.25) is 0 Å². The standard InChI is InChI=1S/C19H19NO3/c1-19(2,3)14-6-4-13(5-7-14)18(21)20-15-8-9-16-17(12-15)23-11-10-22-16/h4-12H,1-3H3,(H,20,21). The molecule has 0 radical (unpaired) electrons. The van der Waals surface area contributed by atoms with E-state index in [1.165, 1.54) is 18.1 Å². The molecule has 0 atom stereocenters. The number of nitrogens with one attached hydrogen (secondary N) is 1. The number of carbonyl (C=O) groups excluding carboxylic acids is 1. The number of ether oxygens (including phenoxy) is 2. The molecule has 0 aromatic heterocycles. The van der Waals surface area contributed by atoms with Gasteiger partial charge in [0, 0.05) is 17.3 Å². The summed E-state index contributed by atoms with van der Waals surface area (Å²) in [6.07, 6.45) is 2.93. The van der Waals surface area contributed by atoms with Crippen molar-refractivity contribution in [3.05, 3.63) is 66.1 Å². The number of hydrogen-bond acceptors (Lipinski definition) is 3. The van der Waals surface area contributed by atoms with E-state index in [-0.39, 0.29) is 11.3 Å². The van der Waals surface area contributed by atoms with Gasteiger partial charge in [-0.1, -0.05) is 32.9 Å². The van der Waals surface area contributed by atoms with Gasteiger partial charge in [0.05, 0.1) is 0 Å². The molecule has 23 heavy (non-hydrogen) atoms. The molecule has 0 fully saturated rings. The predicted octanol–water partition coefficient (Wildman–Crippen LogP) is 4.48. The molecule has 4 heteroatoms. The molecular weight excluding hydrogens is 290 g/mol.